The van der Waals surface area contributed by atoms with Gasteiger partial charge in [-0.2, -0.15) is 0 Å². The average molecular weight is 255 g/mol. The third-order valence-corrected chi connectivity index (χ3v) is 2.89. The molecule has 0 radical (unpaired) electrons. The highest BCUT2D eigenvalue weighted by Crippen LogP contribution is 2.34. The Morgan fingerprint density at radius 3 is 2.64 bits per heavy atom. The summed E-state index contributed by atoms with van der Waals surface area (Å²) in [6.07, 6.45) is 1.26. The van der Waals surface area contributed by atoms with Crippen LogP contribution in [0.2, 0.25) is 0 Å². The molecule has 0 heterocycles. The molecule has 0 aromatic heterocycles. The van der Waals surface area contributed by atoms with Crippen LogP contribution in [0.25, 0.3) is 0 Å². The van der Waals surface area contributed by atoms with Crippen molar-refractivity contribution in [3.63, 3.8) is 0 Å². The number of benzene rings is 1. The highest BCUT2D eigenvalue weighted by atomic mass is 79.9. The van der Waals surface area contributed by atoms with E-state index in [2.05, 4.69) is 22.5 Å². The molecule has 0 aliphatic carbocycles. The molecule has 0 aliphatic heterocycles. The van der Waals surface area contributed by atoms with Crippen molar-refractivity contribution in [3.05, 3.63) is 47.0 Å². The van der Waals surface area contributed by atoms with Crippen LogP contribution in [0.15, 0.2) is 41.4 Å². The molecular formula is C12H15BrO. The first-order valence-electron chi connectivity index (χ1n) is 4.54. The van der Waals surface area contributed by atoms with Gasteiger partial charge in [-0.05, 0) is 17.7 Å². The molecule has 0 spiro atoms. The van der Waals surface area contributed by atoms with Crippen molar-refractivity contribution in [3.8, 4) is 0 Å². The van der Waals surface area contributed by atoms with Gasteiger partial charge in [0.2, 0.25) is 0 Å². The topological polar surface area (TPSA) is 20.2 Å². The van der Waals surface area contributed by atoms with Gasteiger partial charge >= 0.3 is 0 Å². The summed E-state index contributed by atoms with van der Waals surface area (Å²) >= 11 is 3.38. The van der Waals surface area contributed by atoms with Crippen LogP contribution in [-0.2, 0) is 0 Å². The van der Waals surface area contributed by atoms with E-state index in [1.165, 1.54) is 0 Å². The van der Waals surface area contributed by atoms with Gasteiger partial charge in [0, 0.05) is 9.89 Å². The van der Waals surface area contributed by atoms with Crippen molar-refractivity contribution >= 4 is 15.9 Å². The summed E-state index contributed by atoms with van der Waals surface area (Å²) in [5.74, 6) is 0. The highest BCUT2D eigenvalue weighted by molar-refractivity contribution is 9.10. The van der Waals surface area contributed by atoms with Gasteiger partial charge in [-0.3, -0.25) is 0 Å². The number of aliphatic hydroxyl groups excluding tert-OH is 1. The summed E-state index contributed by atoms with van der Waals surface area (Å²) in [7, 11) is 0. The van der Waals surface area contributed by atoms with E-state index in [-0.39, 0.29) is 5.41 Å². The van der Waals surface area contributed by atoms with E-state index >= 15 is 0 Å². The summed E-state index contributed by atoms with van der Waals surface area (Å²) in [5, 5.41) is 10.1. The van der Waals surface area contributed by atoms with Gasteiger partial charge in [-0.15, -0.1) is 6.58 Å². The lowest BCUT2D eigenvalue weighted by atomic mass is 9.83. The quantitative estimate of drug-likeness (QED) is 0.816. The number of hydrogen-bond acceptors (Lipinski definition) is 1. The SMILES string of the molecule is C=CC(C)(C)C(O)c1cccc(Br)c1. The van der Waals surface area contributed by atoms with Crippen molar-refractivity contribution in [1.82, 2.24) is 0 Å². The Morgan fingerprint density at radius 1 is 1.50 bits per heavy atom. The lowest BCUT2D eigenvalue weighted by Crippen LogP contribution is -2.18. The molecule has 14 heavy (non-hydrogen) atoms. The van der Waals surface area contributed by atoms with Crippen LogP contribution in [0.3, 0.4) is 0 Å². The summed E-state index contributed by atoms with van der Waals surface area (Å²) in [6, 6.07) is 7.70. The van der Waals surface area contributed by atoms with Crippen LogP contribution < -0.4 is 0 Å². The van der Waals surface area contributed by atoms with Crippen LogP contribution in [0.4, 0.5) is 0 Å². The first-order valence-corrected chi connectivity index (χ1v) is 5.34. The molecule has 1 unspecified atom stereocenters. The van der Waals surface area contributed by atoms with E-state index in [1.807, 2.05) is 38.1 Å². The molecule has 1 N–H and O–H groups in total. The van der Waals surface area contributed by atoms with E-state index in [0.29, 0.717) is 0 Å². The maximum absolute atomic E-state index is 10.1. The molecule has 76 valence electrons. The molecule has 1 aromatic rings. The van der Waals surface area contributed by atoms with Crippen LogP contribution in [0, 0.1) is 5.41 Å². The Balaban J connectivity index is 3.00. The molecule has 0 amide bonds. The summed E-state index contributed by atoms with van der Waals surface area (Å²) < 4.78 is 0.980. The molecular weight excluding hydrogens is 240 g/mol. The number of hydrogen-bond donors (Lipinski definition) is 1. The van der Waals surface area contributed by atoms with Gasteiger partial charge in [-0.25, -0.2) is 0 Å². The van der Waals surface area contributed by atoms with Crippen LogP contribution in [-0.4, -0.2) is 5.11 Å². The largest absolute Gasteiger partial charge is 0.388 e. The number of halogens is 1. The Labute approximate surface area is 93.6 Å². The van der Waals surface area contributed by atoms with Gasteiger partial charge in [0.1, 0.15) is 0 Å². The maximum Gasteiger partial charge on any atom is 0.0875 e. The monoisotopic (exact) mass is 254 g/mol. The predicted octanol–water partition coefficient (Wildman–Crippen LogP) is 3.69. The molecule has 0 aliphatic rings. The van der Waals surface area contributed by atoms with E-state index in [1.54, 1.807) is 6.08 Å². The normalized spacial score (nSPS) is 13.7. The molecule has 1 rings (SSSR count). The minimum Gasteiger partial charge on any atom is -0.388 e. The van der Waals surface area contributed by atoms with Crippen LogP contribution >= 0.6 is 15.9 Å². The Morgan fingerprint density at radius 2 is 2.14 bits per heavy atom. The lowest BCUT2D eigenvalue weighted by Gasteiger charge is -2.27. The lowest BCUT2D eigenvalue weighted by molar-refractivity contribution is 0.0822. The molecule has 1 aromatic carbocycles. The maximum atomic E-state index is 10.1. The standard InChI is InChI=1S/C12H15BrO/c1-4-12(2,3)11(14)9-6-5-7-10(13)8-9/h4-8,11,14H,1H2,2-3H3. The third-order valence-electron chi connectivity index (χ3n) is 2.40. The smallest absolute Gasteiger partial charge is 0.0875 e. The Hall–Kier alpha value is -0.600. The minimum atomic E-state index is -0.516. The summed E-state index contributed by atoms with van der Waals surface area (Å²) in [4.78, 5) is 0. The van der Waals surface area contributed by atoms with Crippen molar-refractivity contribution < 1.29 is 5.11 Å². The minimum absolute atomic E-state index is 0.305. The van der Waals surface area contributed by atoms with E-state index in [0.717, 1.165) is 10.0 Å². The van der Waals surface area contributed by atoms with Crippen LogP contribution in [0.1, 0.15) is 25.5 Å². The van der Waals surface area contributed by atoms with Crippen molar-refractivity contribution in [1.29, 1.82) is 0 Å². The highest BCUT2D eigenvalue weighted by Gasteiger charge is 2.25. The fourth-order valence-corrected chi connectivity index (χ4v) is 1.63. The molecule has 0 saturated carbocycles. The summed E-state index contributed by atoms with van der Waals surface area (Å²) in [6.45, 7) is 7.66. The van der Waals surface area contributed by atoms with Gasteiger partial charge in [0.15, 0.2) is 0 Å². The van der Waals surface area contributed by atoms with E-state index in [9.17, 15) is 5.11 Å². The number of aliphatic hydroxyl groups is 1. The second-order valence-electron chi connectivity index (χ2n) is 3.98. The fourth-order valence-electron chi connectivity index (χ4n) is 1.22. The zero-order chi connectivity index (χ0) is 10.8. The van der Waals surface area contributed by atoms with E-state index < -0.39 is 6.10 Å². The van der Waals surface area contributed by atoms with Crippen molar-refractivity contribution in [2.24, 2.45) is 5.41 Å². The first-order chi connectivity index (χ1) is 6.47. The third kappa shape index (κ3) is 2.46. The van der Waals surface area contributed by atoms with Crippen LogP contribution in [0.5, 0.6) is 0 Å². The zero-order valence-corrected chi connectivity index (χ0v) is 10.1. The van der Waals surface area contributed by atoms with Gasteiger partial charge < -0.3 is 5.11 Å². The summed E-state index contributed by atoms with van der Waals surface area (Å²) in [5.41, 5.74) is 0.602. The van der Waals surface area contributed by atoms with Gasteiger partial charge in [0.05, 0.1) is 6.10 Å². The van der Waals surface area contributed by atoms with E-state index in [4.69, 9.17) is 0 Å². The molecule has 0 bridgehead atoms. The molecule has 0 saturated heterocycles. The average Bonchev–Trinajstić information content (AvgIpc) is 2.16. The van der Waals surface area contributed by atoms with Crippen molar-refractivity contribution in [2.45, 2.75) is 20.0 Å². The van der Waals surface area contributed by atoms with Gasteiger partial charge in [-0.1, -0.05) is 48.0 Å². The Kier molecular flexibility index (Phi) is 3.51. The van der Waals surface area contributed by atoms with Gasteiger partial charge in [0.25, 0.3) is 0 Å². The molecule has 1 nitrogen and oxygen atoms in total. The molecule has 2 heteroatoms. The predicted molar refractivity (Wildman–Crippen MR) is 63.1 cm³/mol. The number of rotatable bonds is 3. The fraction of sp³-hybridized carbons (Fsp3) is 0.333. The first kappa shape index (κ1) is 11.5. The Bertz CT molecular complexity index is 331. The second kappa shape index (κ2) is 4.28. The van der Waals surface area contributed by atoms with Crippen molar-refractivity contribution in [2.75, 3.05) is 0 Å². The zero-order valence-electron chi connectivity index (χ0n) is 8.50. The second-order valence-corrected chi connectivity index (χ2v) is 4.90. The molecule has 1 atom stereocenters. The molecule has 0 fully saturated rings.